The molecule has 1 aromatic carbocycles. The molecule has 2 fully saturated rings. The second-order valence-corrected chi connectivity index (χ2v) is 11.5. The minimum Gasteiger partial charge on any atom is -0.352 e. The zero-order valence-corrected chi connectivity index (χ0v) is 19.0. The SMILES string of the molecule is C=S1(=O)CCC(C(=O)N2CCN(c3ccc(C(F)(F)F)cn3)CC2c2ccc(F)cc2F)CC1. The highest BCUT2D eigenvalue weighted by Gasteiger charge is 2.38. The van der Waals surface area contributed by atoms with Crippen molar-refractivity contribution in [3.8, 4) is 0 Å². The molecule has 0 saturated carbocycles. The Labute approximate surface area is 194 Å². The van der Waals surface area contributed by atoms with Crippen molar-refractivity contribution in [2.24, 2.45) is 5.92 Å². The summed E-state index contributed by atoms with van der Waals surface area (Å²) in [7, 11) is -2.18. The standard InChI is InChI=1S/C23H24F5N3O2S/c1-34(33)10-6-15(7-11-34)22(32)31-9-8-30(21-5-2-16(13-29-21)23(26,27)28)14-20(31)18-4-3-17(24)12-19(18)25/h2-5,12-13,15,20H,1,6-11,14H2. The molecule has 2 aliphatic rings. The number of piperazine rings is 1. The largest absolute Gasteiger partial charge is 0.417 e. The Hall–Kier alpha value is -2.69. The maximum Gasteiger partial charge on any atom is 0.417 e. The van der Waals surface area contributed by atoms with Crippen molar-refractivity contribution >= 4 is 27.1 Å². The summed E-state index contributed by atoms with van der Waals surface area (Å²) in [4.78, 5) is 20.5. The number of benzene rings is 1. The maximum atomic E-state index is 14.7. The molecule has 1 amide bonds. The third-order valence-corrected chi connectivity index (χ3v) is 8.37. The van der Waals surface area contributed by atoms with Crippen LogP contribution in [0.15, 0.2) is 36.5 Å². The number of nitrogens with zero attached hydrogens (tertiary/aromatic N) is 3. The fourth-order valence-electron chi connectivity index (χ4n) is 4.48. The number of carbonyl (C=O) groups is 1. The highest BCUT2D eigenvalue weighted by Crippen LogP contribution is 2.34. The third-order valence-electron chi connectivity index (χ3n) is 6.41. The number of hydrogen-bond acceptors (Lipinski definition) is 4. The molecule has 5 nitrogen and oxygen atoms in total. The van der Waals surface area contributed by atoms with Crippen molar-refractivity contribution in [3.63, 3.8) is 0 Å². The lowest BCUT2D eigenvalue weighted by Gasteiger charge is -2.44. The van der Waals surface area contributed by atoms with Crippen molar-refractivity contribution in [2.45, 2.75) is 25.1 Å². The monoisotopic (exact) mass is 501 g/mol. The van der Waals surface area contributed by atoms with Crippen molar-refractivity contribution in [3.05, 3.63) is 59.3 Å². The summed E-state index contributed by atoms with van der Waals surface area (Å²) in [6, 6.07) is 4.50. The molecule has 2 aliphatic heterocycles. The average molecular weight is 502 g/mol. The third kappa shape index (κ3) is 5.18. The molecule has 34 heavy (non-hydrogen) atoms. The number of anilines is 1. The molecule has 4 rings (SSSR count). The van der Waals surface area contributed by atoms with E-state index in [9.17, 15) is 31.0 Å². The summed E-state index contributed by atoms with van der Waals surface area (Å²) in [5.74, 6) is 2.52. The quantitative estimate of drug-likeness (QED) is 0.473. The van der Waals surface area contributed by atoms with Crippen LogP contribution in [-0.4, -0.2) is 57.0 Å². The number of amides is 1. The van der Waals surface area contributed by atoms with Crippen molar-refractivity contribution in [2.75, 3.05) is 36.0 Å². The van der Waals surface area contributed by atoms with E-state index in [-0.39, 0.29) is 42.8 Å². The van der Waals surface area contributed by atoms with Crippen LogP contribution in [0.25, 0.3) is 0 Å². The van der Waals surface area contributed by atoms with E-state index in [0.717, 1.165) is 24.4 Å². The zero-order chi connectivity index (χ0) is 24.7. The lowest BCUT2D eigenvalue weighted by Crippen LogP contribution is -2.53. The van der Waals surface area contributed by atoms with Gasteiger partial charge in [-0.2, -0.15) is 13.2 Å². The van der Waals surface area contributed by atoms with Crippen LogP contribution in [0.1, 0.15) is 30.0 Å². The van der Waals surface area contributed by atoms with Crippen molar-refractivity contribution in [1.29, 1.82) is 0 Å². The first kappa shape index (κ1) is 24.4. The van der Waals surface area contributed by atoms with E-state index in [1.807, 2.05) is 0 Å². The van der Waals surface area contributed by atoms with Gasteiger partial charge in [-0.3, -0.25) is 9.00 Å². The molecule has 2 saturated heterocycles. The molecular weight excluding hydrogens is 477 g/mol. The van der Waals surface area contributed by atoms with E-state index in [0.29, 0.717) is 24.3 Å². The van der Waals surface area contributed by atoms with E-state index in [4.69, 9.17) is 0 Å². The summed E-state index contributed by atoms with van der Waals surface area (Å²) in [6.45, 7) is 0.535. The number of halogens is 5. The summed E-state index contributed by atoms with van der Waals surface area (Å²) < 4.78 is 79.2. The van der Waals surface area contributed by atoms with E-state index >= 15 is 0 Å². The molecule has 11 heteroatoms. The zero-order valence-electron chi connectivity index (χ0n) is 18.2. The number of hydrogen-bond donors (Lipinski definition) is 0. The van der Waals surface area contributed by atoms with Crippen LogP contribution in [0.3, 0.4) is 0 Å². The van der Waals surface area contributed by atoms with Crippen LogP contribution in [0.4, 0.5) is 27.8 Å². The molecule has 0 N–H and O–H groups in total. The molecular formula is C23H24F5N3O2S. The Morgan fingerprint density at radius 3 is 2.38 bits per heavy atom. The van der Waals surface area contributed by atoms with Gasteiger partial charge in [0.1, 0.15) is 17.5 Å². The van der Waals surface area contributed by atoms with Crippen LogP contribution in [0.2, 0.25) is 0 Å². The number of alkyl halides is 3. The number of pyridine rings is 1. The fourth-order valence-corrected chi connectivity index (χ4v) is 6.11. The Morgan fingerprint density at radius 2 is 1.79 bits per heavy atom. The normalized spacial score (nSPS) is 25.9. The molecule has 0 aliphatic carbocycles. The first-order chi connectivity index (χ1) is 15.9. The van der Waals surface area contributed by atoms with Gasteiger partial charge < -0.3 is 9.80 Å². The molecule has 1 aromatic heterocycles. The topological polar surface area (TPSA) is 53.5 Å². The molecule has 2 aromatic rings. The van der Waals surface area contributed by atoms with Crippen molar-refractivity contribution in [1.82, 2.24) is 9.88 Å². The van der Waals surface area contributed by atoms with Gasteiger partial charge in [0, 0.05) is 54.9 Å². The Balaban J connectivity index is 1.61. The van der Waals surface area contributed by atoms with Crippen LogP contribution in [-0.2, 0) is 20.5 Å². The predicted molar refractivity (Wildman–Crippen MR) is 120 cm³/mol. The summed E-state index contributed by atoms with van der Waals surface area (Å²) in [5, 5.41) is 0. The van der Waals surface area contributed by atoms with Crippen LogP contribution < -0.4 is 4.90 Å². The smallest absolute Gasteiger partial charge is 0.352 e. The van der Waals surface area contributed by atoms with Gasteiger partial charge >= 0.3 is 6.18 Å². The van der Waals surface area contributed by atoms with Gasteiger partial charge in [-0.05, 0) is 46.4 Å². The van der Waals surface area contributed by atoms with E-state index in [2.05, 4.69) is 10.9 Å². The van der Waals surface area contributed by atoms with E-state index in [1.165, 1.54) is 17.0 Å². The lowest BCUT2D eigenvalue weighted by molar-refractivity contribution is -0.139. The first-order valence-corrected chi connectivity index (χ1v) is 12.9. The van der Waals surface area contributed by atoms with Gasteiger partial charge in [0.15, 0.2) is 0 Å². The van der Waals surface area contributed by atoms with Gasteiger partial charge in [-0.15, -0.1) is 0 Å². The molecule has 0 radical (unpaired) electrons. The Morgan fingerprint density at radius 1 is 1.09 bits per heavy atom. The van der Waals surface area contributed by atoms with Crippen LogP contribution in [0, 0.1) is 17.6 Å². The van der Waals surface area contributed by atoms with Crippen molar-refractivity contribution < 1.29 is 31.0 Å². The molecule has 1 atom stereocenters. The molecule has 3 heterocycles. The Kier molecular flexibility index (Phi) is 6.58. The summed E-state index contributed by atoms with van der Waals surface area (Å²) >= 11 is 0. The predicted octanol–water partition coefficient (Wildman–Crippen LogP) is 3.89. The highest BCUT2D eigenvalue weighted by atomic mass is 32.2. The first-order valence-electron chi connectivity index (χ1n) is 10.8. The van der Waals surface area contributed by atoms with Gasteiger partial charge in [0.05, 0.1) is 11.6 Å². The number of rotatable bonds is 3. The molecule has 0 spiro atoms. The summed E-state index contributed by atoms with van der Waals surface area (Å²) in [6.07, 6.45) is -2.95. The molecule has 1 unspecified atom stereocenters. The van der Waals surface area contributed by atoms with E-state index < -0.39 is 38.9 Å². The molecule has 0 bridgehead atoms. The minimum atomic E-state index is -4.52. The second kappa shape index (κ2) is 9.16. The molecule has 184 valence electrons. The summed E-state index contributed by atoms with van der Waals surface area (Å²) in [5.41, 5.74) is -0.770. The van der Waals surface area contributed by atoms with E-state index in [1.54, 1.807) is 4.90 Å². The fraction of sp³-hybridized carbons (Fsp3) is 0.435. The maximum absolute atomic E-state index is 14.7. The van der Waals surface area contributed by atoms with Gasteiger partial charge in [-0.1, -0.05) is 6.07 Å². The van der Waals surface area contributed by atoms with Crippen LogP contribution >= 0.6 is 0 Å². The average Bonchev–Trinajstić information content (AvgIpc) is 2.78. The number of aromatic nitrogens is 1. The number of carbonyl (C=O) groups excluding carboxylic acids is 1. The highest BCUT2D eigenvalue weighted by molar-refractivity contribution is 8.00. The van der Waals surface area contributed by atoms with Gasteiger partial charge in [0.25, 0.3) is 0 Å². The van der Waals surface area contributed by atoms with Gasteiger partial charge in [0.2, 0.25) is 5.91 Å². The van der Waals surface area contributed by atoms with Crippen LogP contribution in [0.5, 0.6) is 0 Å². The van der Waals surface area contributed by atoms with Gasteiger partial charge in [-0.25, -0.2) is 13.8 Å². The lowest BCUT2D eigenvalue weighted by atomic mass is 9.96. The minimum absolute atomic E-state index is 0.0749. The Bertz CT molecular complexity index is 1150. The second-order valence-electron chi connectivity index (χ2n) is 8.71.